The number of aliphatic carboxylic acids is 2. The van der Waals surface area contributed by atoms with Crippen LogP contribution < -0.4 is 5.73 Å². The van der Waals surface area contributed by atoms with Crippen LogP contribution in [0, 0.1) is 0 Å². The number of hydrogen-bond acceptors (Lipinski definition) is 5. The van der Waals surface area contributed by atoms with Crippen molar-refractivity contribution in [2.45, 2.75) is 88.5 Å². The molecule has 0 bridgehead atoms. The fourth-order valence-corrected chi connectivity index (χ4v) is 3.86. The molecular weight excluding hydrogens is 402 g/mol. The van der Waals surface area contributed by atoms with Gasteiger partial charge in [-0.05, 0) is 25.7 Å². The molecule has 0 aliphatic heterocycles. The number of aliphatic hydroxyl groups excluding tert-OH is 1. The van der Waals surface area contributed by atoms with Crippen LogP contribution in [0.3, 0.4) is 0 Å². The van der Waals surface area contributed by atoms with Crippen LogP contribution in [0.1, 0.15) is 71.1 Å². The van der Waals surface area contributed by atoms with Gasteiger partial charge in [-0.25, -0.2) is 0 Å². The van der Waals surface area contributed by atoms with Gasteiger partial charge in [-0.15, -0.1) is 11.8 Å². The van der Waals surface area contributed by atoms with Crippen molar-refractivity contribution in [2.24, 2.45) is 5.73 Å². The summed E-state index contributed by atoms with van der Waals surface area (Å²) >= 11 is 1.27. The third kappa shape index (κ3) is 17.3. The molecule has 0 amide bonds. The highest BCUT2D eigenvalue weighted by Gasteiger charge is 2.20. The Hall–Kier alpha value is -1.57. The fraction of sp³-hybridized carbons (Fsp3) is 0.652. The van der Waals surface area contributed by atoms with Crippen LogP contribution in [0.25, 0.3) is 0 Å². The number of rotatable bonds is 19. The molecule has 0 aliphatic rings. The van der Waals surface area contributed by atoms with E-state index in [1.807, 2.05) is 30.4 Å². The Morgan fingerprint density at radius 1 is 0.967 bits per heavy atom. The molecule has 0 radical (unpaired) electrons. The largest absolute Gasteiger partial charge is 0.481 e. The summed E-state index contributed by atoms with van der Waals surface area (Å²) in [6, 6.07) is -1.00. The molecule has 30 heavy (non-hydrogen) atoms. The maximum absolute atomic E-state index is 10.9. The summed E-state index contributed by atoms with van der Waals surface area (Å²) in [5.74, 6) is -1.81. The fourth-order valence-electron chi connectivity index (χ4n) is 2.73. The van der Waals surface area contributed by atoms with E-state index in [0.29, 0.717) is 12.8 Å². The zero-order valence-corrected chi connectivity index (χ0v) is 18.9. The van der Waals surface area contributed by atoms with Crippen molar-refractivity contribution < 1.29 is 24.9 Å². The first-order chi connectivity index (χ1) is 14.4. The predicted molar refractivity (Wildman–Crippen MR) is 125 cm³/mol. The van der Waals surface area contributed by atoms with Gasteiger partial charge in [0.15, 0.2) is 0 Å². The Bertz CT molecular complexity index is 548. The lowest BCUT2D eigenvalue weighted by molar-refractivity contribution is -0.138. The molecule has 0 spiro atoms. The van der Waals surface area contributed by atoms with E-state index in [-0.39, 0.29) is 17.4 Å². The van der Waals surface area contributed by atoms with Gasteiger partial charge in [-0.1, -0.05) is 75.5 Å². The number of allylic oxidation sites excluding steroid dienone is 5. The number of nitrogens with two attached hydrogens (primary N) is 1. The number of hydrogen-bond donors (Lipinski definition) is 4. The lowest BCUT2D eigenvalue weighted by Crippen LogP contribution is -2.34. The number of carboxylic acid groups (broad SMARTS) is 2. The molecule has 0 aliphatic carbocycles. The van der Waals surface area contributed by atoms with Crippen molar-refractivity contribution in [2.75, 3.05) is 5.75 Å². The third-order valence-corrected chi connectivity index (χ3v) is 5.96. The minimum atomic E-state index is -1.08. The van der Waals surface area contributed by atoms with Crippen LogP contribution in [0.4, 0.5) is 0 Å². The molecule has 0 saturated heterocycles. The molecule has 5 N–H and O–H groups in total. The average Bonchev–Trinajstić information content (AvgIpc) is 2.70. The summed E-state index contributed by atoms with van der Waals surface area (Å²) in [7, 11) is 0. The molecule has 0 rings (SSSR count). The third-order valence-electron chi connectivity index (χ3n) is 4.55. The number of unbranched alkanes of at least 4 members (excludes halogenated alkanes) is 6. The molecule has 7 heteroatoms. The van der Waals surface area contributed by atoms with E-state index in [4.69, 9.17) is 15.9 Å². The maximum atomic E-state index is 10.9. The van der Waals surface area contributed by atoms with Crippen molar-refractivity contribution in [1.29, 1.82) is 0 Å². The molecule has 0 saturated carbocycles. The van der Waals surface area contributed by atoms with Crippen LogP contribution in [0.15, 0.2) is 36.5 Å². The van der Waals surface area contributed by atoms with E-state index >= 15 is 0 Å². The van der Waals surface area contributed by atoms with Crippen LogP contribution >= 0.6 is 11.8 Å². The topological polar surface area (TPSA) is 121 Å². The highest BCUT2D eigenvalue weighted by atomic mass is 32.2. The Morgan fingerprint density at radius 3 is 2.30 bits per heavy atom. The van der Waals surface area contributed by atoms with Crippen molar-refractivity contribution in [3.63, 3.8) is 0 Å². The smallest absolute Gasteiger partial charge is 0.321 e. The predicted octanol–water partition coefficient (Wildman–Crippen LogP) is 4.54. The van der Waals surface area contributed by atoms with Crippen molar-refractivity contribution in [1.82, 2.24) is 0 Å². The first-order valence-corrected chi connectivity index (χ1v) is 11.9. The molecular formula is C23H39NO5S. The molecule has 0 aromatic heterocycles. The maximum Gasteiger partial charge on any atom is 0.321 e. The van der Waals surface area contributed by atoms with E-state index in [9.17, 15) is 14.7 Å². The van der Waals surface area contributed by atoms with Crippen LogP contribution in [-0.2, 0) is 9.59 Å². The van der Waals surface area contributed by atoms with Crippen LogP contribution in [0.5, 0.6) is 0 Å². The minimum absolute atomic E-state index is 0.00387. The molecule has 0 heterocycles. The first-order valence-electron chi connectivity index (χ1n) is 10.9. The second-order valence-electron chi connectivity index (χ2n) is 7.35. The SMILES string of the molecule is CCCCCCCC/C=C/C=C/C=C/C(SCC(N)C(=O)O)C(O)CCCC(=O)O. The summed E-state index contributed by atoms with van der Waals surface area (Å²) < 4.78 is 0. The average molecular weight is 442 g/mol. The van der Waals surface area contributed by atoms with E-state index in [0.717, 1.165) is 6.42 Å². The first kappa shape index (κ1) is 28.4. The molecule has 0 fully saturated rings. The Kier molecular flexibility index (Phi) is 18.4. The molecule has 0 aromatic carbocycles. The zero-order chi connectivity index (χ0) is 22.6. The van der Waals surface area contributed by atoms with Gasteiger partial charge in [-0.2, -0.15) is 0 Å². The number of carbonyl (C=O) groups is 2. The highest BCUT2D eigenvalue weighted by molar-refractivity contribution is 8.00. The van der Waals surface area contributed by atoms with E-state index in [1.165, 1.54) is 50.3 Å². The van der Waals surface area contributed by atoms with Crippen molar-refractivity contribution in [3.8, 4) is 0 Å². The zero-order valence-electron chi connectivity index (χ0n) is 18.1. The number of carboxylic acids is 2. The lowest BCUT2D eigenvalue weighted by Gasteiger charge is -2.20. The monoisotopic (exact) mass is 441 g/mol. The standard InChI is InChI=1S/C23H39NO5S/c1-2-3-4-5-6-7-8-9-10-11-12-13-16-21(30-18-19(24)23(28)29)20(25)15-14-17-22(26)27/h9-13,16,19-21,25H,2-8,14-15,17-18,24H2,1H3,(H,26,27)(H,28,29)/b10-9+,12-11+,16-13+. The van der Waals surface area contributed by atoms with Crippen LogP contribution in [-0.4, -0.2) is 50.4 Å². The summed E-state index contributed by atoms with van der Waals surface area (Å²) in [6.45, 7) is 2.22. The Morgan fingerprint density at radius 2 is 1.63 bits per heavy atom. The molecule has 0 aromatic rings. The summed E-state index contributed by atoms with van der Waals surface area (Å²) in [5.41, 5.74) is 5.55. The molecule has 6 nitrogen and oxygen atoms in total. The lowest BCUT2D eigenvalue weighted by atomic mass is 10.1. The normalized spacial score (nSPS) is 15.2. The summed E-state index contributed by atoms with van der Waals surface area (Å²) in [5, 5.41) is 27.7. The van der Waals surface area contributed by atoms with Gasteiger partial charge in [0.1, 0.15) is 6.04 Å². The summed E-state index contributed by atoms with van der Waals surface area (Å²) in [6.07, 6.45) is 20.2. The minimum Gasteiger partial charge on any atom is -0.481 e. The Labute approximate surface area is 185 Å². The van der Waals surface area contributed by atoms with E-state index in [2.05, 4.69) is 13.0 Å². The van der Waals surface area contributed by atoms with Gasteiger partial charge in [0.05, 0.1) is 6.10 Å². The van der Waals surface area contributed by atoms with Crippen molar-refractivity contribution in [3.05, 3.63) is 36.5 Å². The van der Waals surface area contributed by atoms with Gasteiger partial charge >= 0.3 is 11.9 Å². The van der Waals surface area contributed by atoms with Gasteiger partial charge < -0.3 is 21.1 Å². The van der Waals surface area contributed by atoms with E-state index in [1.54, 1.807) is 0 Å². The van der Waals surface area contributed by atoms with Crippen molar-refractivity contribution >= 4 is 23.7 Å². The highest BCUT2D eigenvalue weighted by Crippen LogP contribution is 2.21. The van der Waals surface area contributed by atoms with Gasteiger partial charge in [-0.3, -0.25) is 9.59 Å². The molecule has 3 unspecified atom stereocenters. The van der Waals surface area contributed by atoms with E-state index < -0.39 is 24.1 Å². The second-order valence-corrected chi connectivity index (χ2v) is 8.56. The molecule has 3 atom stereocenters. The number of thioether (sulfide) groups is 1. The quantitative estimate of drug-likeness (QED) is 0.172. The summed E-state index contributed by atoms with van der Waals surface area (Å²) in [4.78, 5) is 21.5. The molecule has 172 valence electrons. The number of aliphatic hydroxyl groups is 1. The van der Waals surface area contributed by atoms with Gasteiger partial charge in [0.25, 0.3) is 0 Å². The Balaban J connectivity index is 4.41. The van der Waals surface area contributed by atoms with Gasteiger partial charge in [0, 0.05) is 17.4 Å². The second kappa shape index (κ2) is 19.4. The van der Waals surface area contributed by atoms with Gasteiger partial charge in [0.2, 0.25) is 0 Å². The van der Waals surface area contributed by atoms with Crippen LogP contribution in [0.2, 0.25) is 0 Å².